The normalized spacial score (nSPS) is 14.3. The zero-order chi connectivity index (χ0) is 21.0. The van der Waals surface area contributed by atoms with Crippen molar-refractivity contribution in [3.8, 4) is 11.5 Å². The molecule has 1 fully saturated rings. The molecule has 0 unspecified atom stereocenters. The minimum atomic E-state index is -3.82. The Morgan fingerprint density at radius 3 is 2.34 bits per heavy atom. The van der Waals surface area contributed by atoms with Gasteiger partial charge >= 0.3 is 0 Å². The number of ether oxygens (including phenoxy) is 2. The van der Waals surface area contributed by atoms with Crippen LogP contribution in [0.4, 0.5) is 0 Å². The summed E-state index contributed by atoms with van der Waals surface area (Å²) in [6.45, 7) is 1.49. The van der Waals surface area contributed by atoms with Crippen molar-refractivity contribution in [2.75, 3.05) is 34.4 Å². The second kappa shape index (κ2) is 8.84. The molecule has 0 bridgehead atoms. The number of methoxy groups -OCH3 is 2. The van der Waals surface area contributed by atoms with E-state index in [-0.39, 0.29) is 22.9 Å². The van der Waals surface area contributed by atoms with Gasteiger partial charge in [-0.2, -0.15) is 4.31 Å². The van der Waals surface area contributed by atoms with Gasteiger partial charge < -0.3 is 14.4 Å². The summed E-state index contributed by atoms with van der Waals surface area (Å²) in [5, 5.41) is 0. The van der Waals surface area contributed by atoms with Gasteiger partial charge in [-0.15, -0.1) is 0 Å². The van der Waals surface area contributed by atoms with Gasteiger partial charge in [0, 0.05) is 32.2 Å². The number of hydrogen-bond acceptors (Lipinski definition) is 5. The molecule has 3 rings (SSSR count). The number of carbonyl (C=O) groups is 1. The zero-order valence-corrected chi connectivity index (χ0v) is 17.7. The van der Waals surface area contributed by atoms with Crippen molar-refractivity contribution in [2.45, 2.75) is 24.3 Å². The fourth-order valence-corrected chi connectivity index (χ4v) is 4.62. The quantitative estimate of drug-likeness (QED) is 0.691. The zero-order valence-electron chi connectivity index (χ0n) is 16.9. The molecule has 1 saturated heterocycles. The summed E-state index contributed by atoms with van der Waals surface area (Å²) in [5.41, 5.74) is 1.02. The van der Waals surface area contributed by atoms with Crippen LogP contribution < -0.4 is 9.47 Å². The number of nitrogens with zero attached hydrogens (tertiary/aromatic N) is 2. The molecule has 1 amide bonds. The number of likely N-dealkylation sites (tertiary alicyclic amines) is 1. The van der Waals surface area contributed by atoms with Gasteiger partial charge in [-0.3, -0.25) is 4.79 Å². The molecule has 0 radical (unpaired) electrons. The number of sulfonamides is 1. The van der Waals surface area contributed by atoms with Crippen LogP contribution in [-0.2, 0) is 16.6 Å². The van der Waals surface area contributed by atoms with Crippen LogP contribution >= 0.6 is 0 Å². The monoisotopic (exact) mass is 418 g/mol. The molecule has 1 heterocycles. The van der Waals surface area contributed by atoms with Gasteiger partial charge in [-0.05, 0) is 37.1 Å². The van der Waals surface area contributed by atoms with E-state index in [0.717, 1.165) is 18.4 Å². The molecule has 2 aromatic carbocycles. The van der Waals surface area contributed by atoms with Gasteiger partial charge in [0.15, 0.2) is 0 Å². The highest BCUT2D eigenvalue weighted by molar-refractivity contribution is 7.89. The lowest BCUT2D eigenvalue weighted by Crippen LogP contribution is -2.29. The largest absolute Gasteiger partial charge is 0.496 e. The van der Waals surface area contributed by atoms with Crippen molar-refractivity contribution in [3.05, 3.63) is 53.6 Å². The van der Waals surface area contributed by atoms with Crippen LogP contribution in [-0.4, -0.2) is 57.9 Å². The van der Waals surface area contributed by atoms with E-state index in [1.165, 1.54) is 36.7 Å². The molecule has 2 aromatic rings. The molecular formula is C21H26N2O5S. The van der Waals surface area contributed by atoms with Gasteiger partial charge in [0.1, 0.15) is 11.5 Å². The van der Waals surface area contributed by atoms with Gasteiger partial charge in [0.2, 0.25) is 10.0 Å². The Labute approximate surface area is 171 Å². The molecule has 0 saturated carbocycles. The van der Waals surface area contributed by atoms with E-state index in [4.69, 9.17) is 9.47 Å². The standard InChI is InChI=1S/C21H26N2O5S/c1-22(15-16-8-4-5-9-19(16)27-2)29(25,26)17-10-11-20(28-3)18(14-17)21(24)23-12-6-7-13-23/h4-5,8-11,14H,6-7,12-13,15H2,1-3H3. The topological polar surface area (TPSA) is 76.1 Å². The van der Waals surface area contributed by atoms with Crippen LogP contribution in [0, 0.1) is 0 Å². The first-order chi connectivity index (χ1) is 13.9. The molecular weight excluding hydrogens is 392 g/mol. The minimum Gasteiger partial charge on any atom is -0.496 e. The lowest BCUT2D eigenvalue weighted by Gasteiger charge is -2.21. The third-order valence-corrected chi connectivity index (χ3v) is 6.89. The second-order valence-corrected chi connectivity index (χ2v) is 8.98. The predicted molar refractivity (Wildman–Crippen MR) is 110 cm³/mol. The molecule has 156 valence electrons. The summed E-state index contributed by atoms with van der Waals surface area (Å²) in [5.74, 6) is 0.784. The summed E-state index contributed by atoms with van der Waals surface area (Å²) in [7, 11) is 0.712. The average Bonchev–Trinajstić information content (AvgIpc) is 3.28. The first-order valence-corrected chi connectivity index (χ1v) is 10.9. The van der Waals surface area contributed by atoms with E-state index in [1.807, 2.05) is 18.2 Å². The molecule has 0 spiro atoms. The molecule has 7 nitrogen and oxygen atoms in total. The molecule has 8 heteroatoms. The number of hydrogen-bond donors (Lipinski definition) is 0. The highest BCUT2D eigenvalue weighted by Gasteiger charge is 2.27. The first kappa shape index (κ1) is 21.1. The van der Waals surface area contributed by atoms with E-state index in [2.05, 4.69) is 0 Å². The summed E-state index contributed by atoms with van der Waals surface area (Å²) in [6.07, 6.45) is 1.90. The van der Waals surface area contributed by atoms with Crippen LogP contribution in [0.25, 0.3) is 0 Å². The Kier molecular flexibility index (Phi) is 6.44. The van der Waals surface area contributed by atoms with Crippen LogP contribution in [0.3, 0.4) is 0 Å². The third-order valence-electron chi connectivity index (χ3n) is 5.09. The summed E-state index contributed by atoms with van der Waals surface area (Å²) >= 11 is 0. The molecule has 1 aliphatic heterocycles. The van der Waals surface area contributed by atoms with Gasteiger partial charge in [0.05, 0.1) is 24.7 Å². The fourth-order valence-electron chi connectivity index (χ4n) is 3.44. The minimum absolute atomic E-state index is 0.0539. The van der Waals surface area contributed by atoms with Crippen molar-refractivity contribution in [1.29, 1.82) is 0 Å². The number of rotatable bonds is 7. The number of benzene rings is 2. The molecule has 1 aliphatic rings. The highest BCUT2D eigenvalue weighted by atomic mass is 32.2. The van der Waals surface area contributed by atoms with Crippen molar-refractivity contribution in [2.24, 2.45) is 0 Å². The van der Waals surface area contributed by atoms with Crippen molar-refractivity contribution >= 4 is 15.9 Å². The van der Waals surface area contributed by atoms with Crippen LogP contribution in [0.1, 0.15) is 28.8 Å². The molecule has 0 aliphatic carbocycles. The maximum absolute atomic E-state index is 13.2. The van der Waals surface area contributed by atoms with Gasteiger partial charge in [0.25, 0.3) is 5.91 Å². The van der Waals surface area contributed by atoms with Crippen molar-refractivity contribution < 1.29 is 22.7 Å². The van der Waals surface area contributed by atoms with Gasteiger partial charge in [-0.25, -0.2) is 8.42 Å². The van der Waals surface area contributed by atoms with E-state index in [0.29, 0.717) is 24.6 Å². The Balaban J connectivity index is 1.91. The second-order valence-electron chi connectivity index (χ2n) is 6.93. The predicted octanol–water partition coefficient (Wildman–Crippen LogP) is 2.76. The van der Waals surface area contributed by atoms with Crippen molar-refractivity contribution in [1.82, 2.24) is 9.21 Å². The Morgan fingerprint density at radius 1 is 1.03 bits per heavy atom. The highest BCUT2D eigenvalue weighted by Crippen LogP contribution is 2.28. The molecule has 29 heavy (non-hydrogen) atoms. The third kappa shape index (κ3) is 4.38. The van der Waals surface area contributed by atoms with Crippen LogP contribution in [0.2, 0.25) is 0 Å². The lowest BCUT2D eigenvalue weighted by molar-refractivity contribution is 0.0789. The molecule has 0 aromatic heterocycles. The Hall–Kier alpha value is -2.58. The fraction of sp³-hybridized carbons (Fsp3) is 0.381. The Bertz CT molecular complexity index is 984. The lowest BCUT2D eigenvalue weighted by atomic mass is 10.1. The van der Waals surface area contributed by atoms with E-state index < -0.39 is 10.0 Å². The van der Waals surface area contributed by atoms with Crippen LogP contribution in [0.15, 0.2) is 47.4 Å². The Morgan fingerprint density at radius 2 is 1.69 bits per heavy atom. The maximum Gasteiger partial charge on any atom is 0.257 e. The number of carbonyl (C=O) groups excluding carboxylic acids is 1. The number of amides is 1. The van der Waals surface area contributed by atoms with Gasteiger partial charge in [-0.1, -0.05) is 18.2 Å². The summed E-state index contributed by atoms with van der Waals surface area (Å²) < 4.78 is 38.2. The summed E-state index contributed by atoms with van der Waals surface area (Å²) in [4.78, 5) is 14.7. The molecule has 0 N–H and O–H groups in total. The average molecular weight is 419 g/mol. The smallest absolute Gasteiger partial charge is 0.257 e. The van der Waals surface area contributed by atoms with Crippen molar-refractivity contribution in [3.63, 3.8) is 0 Å². The SMILES string of the molecule is COc1ccccc1CN(C)S(=O)(=O)c1ccc(OC)c(C(=O)N2CCCC2)c1. The number of para-hydroxylation sites is 1. The van der Waals surface area contributed by atoms with E-state index >= 15 is 0 Å². The van der Waals surface area contributed by atoms with E-state index in [9.17, 15) is 13.2 Å². The maximum atomic E-state index is 13.2. The molecule has 0 atom stereocenters. The van der Waals surface area contributed by atoms with Crippen LogP contribution in [0.5, 0.6) is 11.5 Å². The summed E-state index contributed by atoms with van der Waals surface area (Å²) in [6, 6.07) is 11.7. The van der Waals surface area contributed by atoms with E-state index in [1.54, 1.807) is 18.1 Å². The first-order valence-electron chi connectivity index (χ1n) is 9.44.